The molecular formula is C20H23ClN2O3. The Morgan fingerprint density at radius 3 is 2.38 bits per heavy atom. The standard InChI is InChI=1S/C20H23ClN2O3/c1-4-20(26-3,15-8-6-5-7-9-15)13-22-18(24)19(25)23-16-11-10-14(2)17(21)12-16/h5-12H,4,13H2,1-3H3,(H,22,24)(H,23,25). The highest BCUT2D eigenvalue weighted by atomic mass is 35.5. The van der Waals surface area contributed by atoms with Crippen molar-refractivity contribution in [1.82, 2.24) is 5.32 Å². The van der Waals surface area contributed by atoms with Crippen LogP contribution >= 0.6 is 11.6 Å². The molecule has 2 aromatic rings. The molecule has 138 valence electrons. The normalized spacial score (nSPS) is 12.9. The summed E-state index contributed by atoms with van der Waals surface area (Å²) in [6.07, 6.45) is 0.642. The van der Waals surface area contributed by atoms with E-state index in [1.54, 1.807) is 25.3 Å². The number of aryl methyl sites for hydroxylation is 1. The summed E-state index contributed by atoms with van der Waals surface area (Å²) < 4.78 is 5.69. The van der Waals surface area contributed by atoms with Crippen molar-refractivity contribution in [3.8, 4) is 0 Å². The molecule has 2 aromatic carbocycles. The van der Waals surface area contributed by atoms with Gasteiger partial charge in [0.05, 0.1) is 6.54 Å². The van der Waals surface area contributed by atoms with E-state index in [0.29, 0.717) is 17.1 Å². The van der Waals surface area contributed by atoms with Crippen LogP contribution in [0.1, 0.15) is 24.5 Å². The number of benzene rings is 2. The number of nitrogens with one attached hydrogen (secondary N) is 2. The quantitative estimate of drug-likeness (QED) is 0.758. The zero-order valence-electron chi connectivity index (χ0n) is 15.1. The Bertz CT molecular complexity index is 774. The van der Waals surface area contributed by atoms with Gasteiger partial charge in [0.15, 0.2) is 0 Å². The number of amides is 2. The van der Waals surface area contributed by atoms with Crippen LogP contribution in [0.5, 0.6) is 0 Å². The van der Waals surface area contributed by atoms with E-state index in [2.05, 4.69) is 10.6 Å². The summed E-state index contributed by atoms with van der Waals surface area (Å²) in [6, 6.07) is 14.7. The molecule has 0 fully saturated rings. The second-order valence-electron chi connectivity index (χ2n) is 6.02. The van der Waals surface area contributed by atoms with E-state index in [-0.39, 0.29) is 6.54 Å². The van der Waals surface area contributed by atoms with Crippen molar-refractivity contribution in [2.24, 2.45) is 0 Å². The maximum absolute atomic E-state index is 12.2. The first-order valence-corrected chi connectivity index (χ1v) is 8.75. The maximum atomic E-state index is 12.2. The number of carbonyl (C=O) groups is 2. The summed E-state index contributed by atoms with van der Waals surface area (Å²) in [6.45, 7) is 4.02. The fraction of sp³-hybridized carbons (Fsp3) is 0.300. The van der Waals surface area contributed by atoms with E-state index in [4.69, 9.17) is 16.3 Å². The molecule has 6 heteroatoms. The van der Waals surface area contributed by atoms with Gasteiger partial charge in [0.1, 0.15) is 5.60 Å². The van der Waals surface area contributed by atoms with E-state index >= 15 is 0 Å². The SMILES string of the molecule is CCC(CNC(=O)C(=O)Nc1ccc(C)c(Cl)c1)(OC)c1ccccc1. The number of ether oxygens (including phenoxy) is 1. The molecule has 5 nitrogen and oxygen atoms in total. The lowest BCUT2D eigenvalue weighted by Gasteiger charge is -2.32. The van der Waals surface area contributed by atoms with E-state index in [1.807, 2.05) is 44.2 Å². The molecule has 1 atom stereocenters. The van der Waals surface area contributed by atoms with Crippen molar-refractivity contribution in [1.29, 1.82) is 0 Å². The van der Waals surface area contributed by atoms with Gasteiger partial charge in [0.2, 0.25) is 0 Å². The van der Waals surface area contributed by atoms with Crippen molar-refractivity contribution in [3.63, 3.8) is 0 Å². The van der Waals surface area contributed by atoms with Crippen molar-refractivity contribution in [2.45, 2.75) is 25.9 Å². The van der Waals surface area contributed by atoms with Crippen molar-refractivity contribution in [2.75, 3.05) is 19.0 Å². The van der Waals surface area contributed by atoms with Crippen LogP contribution in [0.2, 0.25) is 5.02 Å². The van der Waals surface area contributed by atoms with Crippen LogP contribution < -0.4 is 10.6 Å². The molecule has 26 heavy (non-hydrogen) atoms. The summed E-state index contributed by atoms with van der Waals surface area (Å²) in [7, 11) is 1.59. The van der Waals surface area contributed by atoms with Crippen LogP contribution in [0.25, 0.3) is 0 Å². The summed E-state index contributed by atoms with van der Waals surface area (Å²) in [5.41, 5.74) is 1.61. The average Bonchev–Trinajstić information content (AvgIpc) is 2.66. The van der Waals surface area contributed by atoms with Crippen LogP contribution in [0.15, 0.2) is 48.5 Å². The average molecular weight is 375 g/mol. The second kappa shape index (κ2) is 8.83. The molecule has 2 amide bonds. The molecule has 0 spiro atoms. The first-order valence-electron chi connectivity index (χ1n) is 8.38. The van der Waals surface area contributed by atoms with E-state index in [9.17, 15) is 9.59 Å². The van der Waals surface area contributed by atoms with E-state index in [0.717, 1.165) is 11.1 Å². The predicted octanol–water partition coefficient (Wildman–Crippen LogP) is 3.66. The molecule has 2 N–H and O–H groups in total. The van der Waals surface area contributed by atoms with Crippen LogP contribution in [0.3, 0.4) is 0 Å². The van der Waals surface area contributed by atoms with Gasteiger partial charge in [0, 0.05) is 17.8 Å². The topological polar surface area (TPSA) is 67.4 Å². The zero-order chi connectivity index (χ0) is 19.2. The number of hydrogen-bond donors (Lipinski definition) is 2. The zero-order valence-corrected chi connectivity index (χ0v) is 15.9. The lowest BCUT2D eigenvalue weighted by atomic mass is 9.90. The van der Waals surface area contributed by atoms with Gasteiger partial charge in [-0.15, -0.1) is 0 Å². The minimum Gasteiger partial charge on any atom is -0.372 e. The highest BCUT2D eigenvalue weighted by molar-refractivity contribution is 6.39. The van der Waals surface area contributed by atoms with Crippen LogP contribution in [-0.2, 0) is 19.9 Å². The van der Waals surface area contributed by atoms with Gasteiger partial charge in [-0.05, 0) is 36.6 Å². The van der Waals surface area contributed by atoms with E-state index < -0.39 is 17.4 Å². The van der Waals surface area contributed by atoms with Gasteiger partial charge in [-0.2, -0.15) is 0 Å². The molecule has 0 heterocycles. The van der Waals surface area contributed by atoms with Gasteiger partial charge in [0.25, 0.3) is 0 Å². The van der Waals surface area contributed by atoms with Crippen LogP contribution in [-0.4, -0.2) is 25.5 Å². The Morgan fingerprint density at radius 1 is 1.12 bits per heavy atom. The minimum atomic E-state index is -0.751. The number of halogens is 1. The summed E-state index contributed by atoms with van der Waals surface area (Å²) in [4.78, 5) is 24.3. The highest BCUT2D eigenvalue weighted by Gasteiger charge is 2.31. The molecule has 0 saturated carbocycles. The molecule has 0 aliphatic heterocycles. The molecule has 0 aliphatic carbocycles. The molecule has 2 rings (SSSR count). The van der Waals surface area contributed by atoms with Crippen LogP contribution in [0, 0.1) is 6.92 Å². The summed E-state index contributed by atoms with van der Waals surface area (Å²) >= 11 is 6.03. The van der Waals surface area contributed by atoms with Crippen molar-refractivity contribution < 1.29 is 14.3 Å². The number of rotatable bonds is 6. The molecular weight excluding hydrogens is 352 g/mol. The minimum absolute atomic E-state index is 0.185. The van der Waals surface area contributed by atoms with Crippen LogP contribution in [0.4, 0.5) is 5.69 Å². The second-order valence-corrected chi connectivity index (χ2v) is 6.43. The molecule has 0 radical (unpaired) electrons. The Kier molecular flexibility index (Phi) is 6.77. The molecule has 1 unspecified atom stereocenters. The largest absolute Gasteiger partial charge is 0.372 e. The Morgan fingerprint density at radius 2 is 1.81 bits per heavy atom. The van der Waals surface area contributed by atoms with Gasteiger partial charge in [-0.25, -0.2) is 0 Å². The molecule has 0 aromatic heterocycles. The first-order chi connectivity index (χ1) is 12.4. The fourth-order valence-electron chi connectivity index (χ4n) is 2.67. The Hall–Kier alpha value is -2.37. The Balaban J connectivity index is 2.03. The van der Waals surface area contributed by atoms with Gasteiger partial charge in [-0.3, -0.25) is 9.59 Å². The molecule has 0 saturated heterocycles. The third kappa shape index (κ3) is 4.62. The van der Waals surface area contributed by atoms with Gasteiger partial charge in [-0.1, -0.05) is 54.9 Å². The lowest BCUT2D eigenvalue weighted by molar-refractivity contribution is -0.137. The summed E-state index contributed by atoms with van der Waals surface area (Å²) in [5, 5.41) is 5.73. The number of methoxy groups -OCH3 is 1. The first kappa shape index (κ1) is 19.9. The van der Waals surface area contributed by atoms with Crippen molar-refractivity contribution >= 4 is 29.1 Å². The Labute approximate surface area is 158 Å². The molecule has 0 bridgehead atoms. The smallest absolute Gasteiger partial charge is 0.313 e. The molecule has 0 aliphatic rings. The third-order valence-corrected chi connectivity index (χ3v) is 4.84. The number of hydrogen-bond acceptors (Lipinski definition) is 3. The number of carbonyl (C=O) groups excluding carboxylic acids is 2. The summed E-state index contributed by atoms with van der Waals surface area (Å²) in [5.74, 6) is -1.48. The maximum Gasteiger partial charge on any atom is 0.313 e. The highest BCUT2D eigenvalue weighted by Crippen LogP contribution is 2.28. The van der Waals surface area contributed by atoms with Gasteiger partial charge >= 0.3 is 11.8 Å². The monoisotopic (exact) mass is 374 g/mol. The van der Waals surface area contributed by atoms with E-state index in [1.165, 1.54) is 0 Å². The third-order valence-electron chi connectivity index (χ3n) is 4.43. The lowest BCUT2D eigenvalue weighted by Crippen LogP contribution is -2.45. The predicted molar refractivity (Wildman–Crippen MR) is 103 cm³/mol. The van der Waals surface area contributed by atoms with Gasteiger partial charge < -0.3 is 15.4 Å². The number of anilines is 1. The van der Waals surface area contributed by atoms with Crippen molar-refractivity contribution in [3.05, 3.63) is 64.7 Å². The fourth-order valence-corrected chi connectivity index (χ4v) is 2.85.